The Bertz CT molecular complexity index is 447. The minimum atomic E-state index is -0.599. The van der Waals surface area contributed by atoms with Gasteiger partial charge in [-0.15, -0.1) is 0 Å². The zero-order valence-corrected chi connectivity index (χ0v) is 13.5. The van der Waals surface area contributed by atoms with Gasteiger partial charge in [0.2, 0.25) is 0 Å². The molecule has 1 N–H and O–H groups in total. The van der Waals surface area contributed by atoms with Gasteiger partial charge < -0.3 is 5.11 Å². The van der Waals surface area contributed by atoms with Crippen LogP contribution in [0.5, 0.6) is 0 Å². The van der Waals surface area contributed by atoms with Crippen LogP contribution < -0.4 is 0 Å². The van der Waals surface area contributed by atoms with Crippen LogP contribution in [-0.2, 0) is 4.79 Å². The minimum Gasteiger partial charge on any atom is -0.481 e. The van der Waals surface area contributed by atoms with E-state index in [1.807, 2.05) is 12.1 Å². The van der Waals surface area contributed by atoms with Gasteiger partial charge in [0.1, 0.15) is 0 Å². The molecule has 1 aromatic rings. The third-order valence-electron chi connectivity index (χ3n) is 4.87. The summed E-state index contributed by atoms with van der Waals surface area (Å²) in [6.07, 6.45) is 7.20. The van der Waals surface area contributed by atoms with Crippen LogP contribution in [0.25, 0.3) is 0 Å². The highest BCUT2D eigenvalue weighted by atomic mass is 35.5. The first-order valence-corrected chi connectivity index (χ1v) is 8.48. The fourth-order valence-electron chi connectivity index (χ4n) is 3.57. The van der Waals surface area contributed by atoms with Crippen LogP contribution in [0.4, 0.5) is 0 Å². The molecule has 1 unspecified atom stereocenters. The number of unbranched alkanes of at least 4 members (excludes halogenated alkanes) is 1. The maximum Gasteiger partial charge on any atom is 0.306 e. The van der Waals surface area contributed by atoms with Crippen molar-refractivity contribution in [2.24, 2.45) is 11.8 Å². The monoisotopic (exact) mass is 308 g/mol. The zero-order valence-electron chi connectivity index (χ0n) is 12.7. The minimum absolute atomic E-state index is 0.142. The molecular weight excluding hydrogens is 284 g/mol. The van der Waals surface area contributed by atoms with Crippen molar-refractivity contribution in [3.63, 3.8) is 0 Å². The molecule has 0 radical (unpaired) electrons. The Labute approximate surface area is 132 Å². The fourth-order valence-corrected chi connectivity index (χ4v) is 3.70. The quantitative estimate of drug-likeness (QED) is 0.753. The van der Waals surface area contributed by atoms with Crippen LogP contribution >= 0.6 is 11.6 Å². The van der Waals surface area contributed by atoms with Crippen molar-refractivity contribution in [3.05, 3.63) is 34.9 Å². The summed E-state index contributed by atoms with van der Waals surface area (Å²) in [5.74, 6) is 0.186. The van der Waals surface area contributed by atoms with Gasteiger partial charge in [0.05, 0.1) is 5.92 Å². The number of carbonyl (C=O) groups is 1. The lowest BCUT2D eigenvalue weighted by molar-refractivity contribution is -0.144. The lowest BCUT2D eigenvalue weighted by Gasteiger charge is -2.32. The first-order valence-electron chi connectivity index (χ1n) is 8.10. The summed E-state index contributed by atoms with van der Waals surface area (Å²) in [5, 5.41) is 10.2. The van der Waals surface area contributed by atoms with Crippen molar-refractivity contribution in [1.29, 1.82) is 0 Å². The predicted octanol–water partition coefficient (Wildman–Crippen LogP) is 5.50. The van der Waals surface area contributed by atoms with E-state index in [1.165, 1.54) is 5.56 Å². The van der Waals surface area contributed by atoms with Crippen molar-refractivity contribution in [2.75, 3.05) is 0 Å². The summed E-state index contributed by atoms with van der Waals surface area (Å²) in [6.45, 7) is 2.12. The van der Waals surface area contributed by atoms with Crippen LogP contribution in [0.1, 0.15) is 63.4 Å². The van der Waals surface area contributed by atoms with E-state index in [0.29, 0.717) is 11.8 Å². The molecule has 0 amide bonds. The first-order chi connectivity index (χ1) is 10.1. The van der Waals surface area contributed by atoms with Gasteiger partial charge in [-0.1, -0.05) is 43.5 Å². The fraction of sp³-hybridized carbons (Fsp3) is 0.611. The van der Waals surface area contributed by atoms with Gasteiger partial charge in [-0.3, -0.25) is 4.79 Å². The highest BCUT2D eigenvalue weighted by Crippen LogP contribution is 2.40. The molecule has 0 aromatic heterocycles. The number of hydrogen-bond donors (Lipinski definition) is 1. The van der Waals surface area contributed by atoms with Gasteiger partial charge in [-0.2, -0.15) is 0 Å². The molecular formula is C18H25ClO2. The number of rotatable bonds is 6. The molecule has 1 fully saturated rings. The standard InChI is InChI=1S/C18H25ClO2/c1-2-3-4-17(18(20)21)15-7-5-13(6-8-15)14-9-11-16(19)12-10-14/h9-13,15,17H,2-8H2,1H3,(H,20,21). The van der Waals surface area contributed by atoms with Crippen LogP contribution in [-0.4, -0.2) is 11.1 Å². The van der Waals surface area contributed by atoms with E-state index >= 15 is 0 Å². The summed E-state index contributed by atoms with van der Waals surface area (Å²) in [7, 11) is 0. The Hall–Kier alpha value is -1.02. The molecule has 1 saturated carbocycles. The van der Waals surface area contributed by atoms with Crippen LogP contribution in [0, 0.1) is 11.8 Å². The van der Waals surface area contributed by atoms with Crippen molar-refractivity contribution >= 4 is 17.6 Å². The summed E-state index contributed by atoms with van der Waals surface area (Å²) < 4.78 is 0. The Morgan fingerprint density at radius 3 is 2.38 bits per heavy atom. The summed E-state index contributed by atoms with van der Waals surface area (Å²) in [5.41, 5.74) is 1.35. The highest BCUT2D eigenvalue weighted by molar-refractivity contribution is 6.30. The molecule has 21 heavy (non-hydrogen) atoms. The molecule has 1 aromatic carbocycles. The smallest absolute Gasteiger partial charge is 0.306 e. The molecule has 0 heterocycles. The van der Waals surface area contributed by atoms with Crippen LogP contribution in [0.15, 0.2) is 24.3 Å². The summed E-state index contributed by atoms with van der Waals surface area (Å²) in [6, 6.07) is 8.12. The highest BCUT2D eigenvalue weighted by Gasteiger charge is 2.31. The third-order valence-corrected chi connectivity index (χ3v) is 5.12. The van der Waals surface area contributed by atoms with E-state index in [2.05, 4.69) is 19.1 Å². The predicted molar refractivity (Wildman–Crippen MR) is 86.8 cm³/mol. The SMILES string of the molecule is CCCCC(C(=O)O)C1CCC(c2ccc(Cl)cc2)CC1. The average molecular weight is 309 g/mol. The van der Waals surface area contributed by atoms with E-state index < -0.39 is 5.97 Å². The van der Waals surface area contributed by atoms with Gasteiger partial charge in [0.15, 0.2) is 0 Å². The molecule has 0 spiro atoms. The topological polar surface area (TPSA) is 37.3 Å². The average Bonchev–Trinajstić information content (AvgIpc) is 2.49. The number of carboxylic acids is 1. The first kappa shape index (κ1) is 16.4. The van der Waals surface area contributed by atoms with Gasteiger partial charge >= 0.3 is 5.97 Å². The van der Waals surface area contributed by atoms with Gasteiger partial charge in [0.25, 0.3) is 0 Å². The molecule has 1 atom stereocenters. The lowest BCUT2D eigenvalue weighted by atomic mass is 9.72. The van der Waals surface area contributed by atoms with E-state index in [-0.39, 0.29) is 5.92 Å². The van der Waals surface area contributed by atoms with E-state index in [9.17, 15) is 9.90 Å². The summed E-state index contributed by atoms with van der Waals surface area (Å²) >= 11 is 5.93. The van der Waals surface area contributed by atoms with Crippen molar-refractivity contribution in [2.45, 2.75) is 57.8 Å². The van der Waals surface area contributed by atoms with Crippen molar-refractivity contribution in [3.8, 4) is 0 Å². The van der Waals surface area contributed by atoms with Gasteiger partial charge in [-0.25, -0.2) is 0 Å². The Balaban J connectivity index is 1.92. The number of benzene rings is 1. The molecule has 0 saturated heterocycles. The van der Waals surface area contributed by atoms with E-state index in [4.69, 9.17) is 11.6 Å². The van der Waals surface area contributed by atoms with Gasteiger partial charge in [-0.05, 0) is 61.6 Å². The Morgan fingerprint density at radius 2 is 1.86 bits per heavy atom. The number of halogens is 1. The third kappa shape index (κ3) is 4.47. The molecule has 1 aliphatic carbocycles. The maximum atomic E-state index is 11.5. The number of hydrogen-bond acceptors (Lipinski definition) is 1. The second-order valence-corrected chi connectivity index (χ2v) is 6.69. The van der Waals surface area contributed by atoms with Crippen LogP contribution in [0.3, 0.4) is 0 Å². The second kappa shape index (κ2) is 7.84. The van der Waals surface area contributed by atoms with Gasteiger partial charge in [0, 0.05) is 5.02 Å². The van der Waals surface area contributed by atoms with Crippen molar-refractivity contribution < 1.29 is 9.90 Å². The van der Waals surface area contributed by atoms with E-state index in [1.54, 1.807) is 0 Å². The maximum absolute atomic E-state index is 11.5. The number of aliphatic carboxylic acids is 1. The zero-order chi connectivity index (χ0) is 15.2. The number of carboxylic acid groups (broad SMARTS) is 1. The molecule has 116 valence electrons. The molecule has 0 bridgehead atoms. The Kier molecular flexibility index (Phi) is 6.10. The summed E-state index contributed by atoms with van der Waals surface area (Å²) in [4.78, 5) is 11.5. The van der Waals surface area contributed by atoms with E-state index in [0.717, 1.165) is 50.0 Å². The lowest BCUT2D eigenvalue weighted by Crippen LogP contribution is -2.27. The Morgan fingerprint density at radius 1 is 1.24 bits per heavy atom. The second-order valence-electron chi connectivity index (χ2n) is 6.25. The molecule has 3 heteroatoms. The largest absolute Gasteiger partial charge is 0.481 e. The molecule has 2 rings (SSSR count). The normalized spacial score (nSPS) is 23.7. The molecule has 1 aliphatic rings. The van der Waals surface area contributed by atoms with Crippen molar-refractivity contribution in [1.82, 2.24) is 0 Å². The molecule has 2 nitrogen and oxygen atoms in total. The molecule has 0 aliphatic heterocycles. The van der Waals surface area contributed by atoms with Crippen LogP contribution in [0.2, 0.25) is 5.02 Å².